The molecule has 2 rings (SSSR count). The second-order valence-corrected chi connectivity index (χ2v) is 4.39. The summed E-state index contributed by atoms with van der Waals surface area (Å²) >= 11 is 0. The highest BCUT2D eigenvalue weighted by Crippen LogP contribution is 2.25. The minimum atomic E-state index is -0.118. The van der Waals surface area contributed by atoms with Gasteiger partial charge in [0.05, 0.1) is 0 Å². The number of hydrogen-bond donors (Lipinski definition) is 2. The van der Waals surface area contributed by atoms with E-state index in [9.17, 15) is 10.2 Å². The lowest BCUT2D eigenvalue weighted by Crippen LogP contribution is -1.93. The highest BCUT2D eigenvalue weighted by molar-refractivity contribution is 5.57. The van der Waals surface area contributed by atoms with Crippen molar-refractivity contribution in [1.82, 2.24) is 0 Å². The molecule has 0 aromatic heterocycles. The van der Waals surface area contributed by atoms with E-state index in [0.717, 1.165) is 22.7 Å². The molecule has 0 radical (unpaired) electrons. The summed E-state index contributed by atoms with van der Waals surface area (Å²) in [6.45, 7) is 3.82. The number of phenolic OH excluding ortho intramolecular Hbond substituents is 2. The van der Waals surface area contributed by atoms with E-state index in [4.69, 9.17) is 4.74 Å². The molecular formula is C16H16O3. The summed E-state index contributed by atoms with van der Waals surface area (Å²) < 4.78 is 5.41. The van der Waals surface area contributed by atoms with Crippen molar-refractivity contribution in [2.75, 3.05) is 0 Å². The van der Waals surface area contributed by atoms with Crippen LogP contribution in [0.4, 0.5) is 0 Å². The van der Waals surface area contributed by atoms with E-state index in [1.54, 1.807) is 6.07 Å². The average molecular weight is 256 g/mol. The van der Waals surface area contributed by atoms with E-state index in [1.165, 1.54) is 12.1 Å². The van der Waals surface area contributed by atoms with Gasteiger partial charge in [0.25, 0.3) is 0 Å². The Labute approximate surface area is 112 Å². The second kappa shape index (κ2) is 5.48. The zero-order chi connectivity index (χ0) is 13.8. The first-order valence-corrected chi connectivity index (χ1v) is 5.99. The molecule has 0 aliphatic carbocycles. The molecule has 0 spiro atoms. The van der Waals surface area contributed by atoms with Gasteiger partial charge in [-0.3, -0.25) is 0 Å². The SMILES string of the molecule is CC1=CC(=CC=Cc2ccc(O)c(O)c2)C=C(C)O1. The van der Waals surface area contributed by atoms with Gasteiger partial charge in [0, 0.05) is 0 Å². The highest BCUT2D eigenvalue weighted by Gasteiger charge is 2.02. The number of hydrogen-bond acceptors (Lipinski definition) is 3. The van der Waals surface area contributed by atoms with Crippen molar-refractivity contribution in [3.63, 3.8) is 0 Å². The Balaban J connectivity index is 2.15. The van der Waals surface area contributed by atoms with Crippen molar-refractivity contribution in [2.24, 2.45) is 0 Å². The Morgan fingerprint density at radius 1 is 1.00 bits per heavy atom. The van der Waals surface area contributed by atoms with Crippen LogP contribution in [0.5, 0.6) is 11.5 Å². The summed E-state index contributed by atoms with van der Waals surface area (Å²) in [5.74, 6) is 1.49. The maximum atomic E-state index is 9.38. The fourth-order valence-corrected chi connectivity index (χ4v) is 1.83. The van der Waals surface area contributed by atoms with Gasteiger partial charge >= 0.3 is 0 Å². The highest BCUT2D eigenvalue weighted by atomic mass is 16.5. The van der Waals surface area contributed by atoms with Gasteiger partial charge in [-0.2, -0.15) is 0 Å². The van der Waals surface area contributed by atoms with Crippen LogP contribution >= 0.6 is 0 Å². The normalized spacial score (nSPS) is 14.9. The summed E-state index contributed by atoms with van der Waals surface area (Å²) in [5, 5.41) is 18.6. The fraction of sp³-hybridized carbons (Fsp3) is 0.125. The van der Waals surface area contributed by atoms with Gasteiger partial charge in [0.2, 0.25) is 0 Å². The van der Waals surface area contributed by atoms with Crippen LogP contribution in [0.15, 0.2) is 59.6 Å². The topological polar surface area (TPSA) is 49.7 Å². The molecule has 0 atom stereocenters. The first kappa shape index (κ1) is 13.0. The summed E-state index contributed by atoms with van der Waals surface area (Å²) in [6.07, 6.45) is 9.60. The van der Waals surface area contributed by atoms with Gasteiger partial charge in [-0.05, 0) is 49.3 Å². The largest absolute Gasteiger partial charge is 0.504 e. The molecular weight excluding hydrogens is 240 g/mol. The first-order chi connectivity index (χ1) is 9.04. The number of ether oxygens (including phenoxy) is 1. The lowest BCUT2D eigenvalue weighted by Gasteiger charge is -2.11. The molecule has 98 valence electrons. The van der Waals surface area contributed by atoms with Crippen LogP contribution in [0.25, 0.3) is 6.08 Å². The van der Waals surface area contributed by atoms with Crippen LogP contribution in [-0.2, 0) is 4.74 Å². The number of allylic oxidation sites excluding steroid dienone is 7. The smallest absolute Gasteiger partial charge is 0.157 e. The molecule has 0 saturated carbocycles. The summed E-state index contributed by atoms with van der Waals surface area (Å²) in [6, 6.07) is 4.71. The van der Waals surface area contributed by atoms with Gasteiger partial charge in [0.1, 0.15) is 11.5 Å². The summed E-state index contributed by atoms with van der Waals surface area (Å²) in [4.78, 5) is 0. The van der Waals surface area contributed by atoms with E-state index in [1.807, 2.05) is 44.2 Å². The van der Waals surface area contributed by atoms with Crippen molar-refractivity contribution in [3.8, 4) is 11.5 Å². The Kier molecular flexibility index (Phi) is 3.76. The molecule has 1 aromatic carbocycles. The number of rotatable bonds is 2. The monoisotopic (exact) mass is 256 g/mol. The van der Waals surface area contributed by atoms with Crippen LogP contribution in [0.2, 0.25) is 0 Å². The van der Waals surface area contributed by atoms with E-state index < -0.39 is 0 Å². The molecule has 2 N–H and O–H groups in total. The predicted octanol–water partition coefficient (Wildman–Crippen LogP) is 3.88. The zero-order valence-corrected chi connectivity index (χ0v) is 10.9. The molecule has 0 saturated heterocycles. The minimum Gasteiger partial charge on any atom is -0.504 e. The Bertz CT molecular complexity index is 584. The summed E-state index contributed by atoms with van der Waals surface area (Å²) in [7, 11) is 0. The molecule has 1 aromatic rings. The maximum Gasteiger partial charge on any atom is 0.157 e. The second-order valence-electron chi connectivity index (χ2n) is 4.39. The number of phenols is 2. The van der Waals surface area contributed by atoms with Gasteiger partial charge < -0.3 is 14.9 Å². The van der Waals surface area contributed by atoms with Crippen molar-refractivity contribution in [2.45, 2.75) is 13.8 Å². The van der Waals surface area contributed by atoms with Gasteiger partial charge in [-0.25, -0.2) is 0 Å². The third-order valence-electron chi connectivity index (χ3n) is 2.64. The van der Waals surface area contributed by atoms with Gasteiger partial charge in [0.15, 0.2) is 11.5 Å². The number of aromatic hydroxyl groups is 2. The first-order valence-electron chi connectivity index (χ1n) is 5.99. The Morgan fingerprint density at radius 3 is 2.32 bits per heavy atom. The molecule has 1 heterocycles. The molecule has 0 unspecified atom stereocenters. The zero-order valence-electron chi connectivity index (χ0n) is 10.9. The van der Waals surface area contributed by atoms with Crippen LogP contribution < -0.4 is 0 Å². The molecule has 19 heavy (non-hydrogen) atoms. The van der Waals surface area contributed by atoms with Crippen LogP contribution in [0.3, 0.4) is 0 Å². The van der Waals surface area contributed by atoms with Crippen molar-refractivity contribution in [3.05, 3.63) is 65.2 Å². The minimum absolute atomic E-state index is 0.114. The number of benzene rings is 1. The lowest BCUT2D eigenvalue weighted by molar-refractivity contribution is 0.304. The van der Waals surface area contributed by atoms with E-state index in [2.05, 4.69) is 0 Å². The quantitative estimate of drug-likeness (QED) is 0.789. The molecule has 0 amide bonds. The standard InChI is InChI=1S/C16H16O3/c1-11-8-14(9-12(2)19-11)5-3-4-13-6-7-15(17)16(18)10-13/h3-10,17-18H,1-2H3. The van der Waals surface area contributed by atoms with Crippen LogP contribution in [0, 0.1) is 0 Å². The van der Waals surface area contributed by atoms with E-state index in [0.29, 0.717) is 0 Å². The van der Waals surface area contributed by atoms with Crippen molar-refractivity contribution < 1.29 is 14.9 Å². The molecule has 0 fully saturated rings. The maximum absolute atomic E-state index is 9.38. The van der Waals surface area contributed by atoms with E-state index >= 15 is 0 Å². The lowest BCUT2D eigenvalue weighted by atomic mass is 10.1. The molecule has 3 nitrogen and oxygen atoms in total. The molecule has 0 bridgehead atoms. The average Bonchev–Trinajstić information content (AvgIpc) is 2.32. The molecule has 1 aliphatic rings. The van der Waals surface area contributed by atoms with Gasteiger partial charge in [-0.15, -0.1) is 0 Å². The van der Waals surface area contributed by atoms with Crippen LogP contribution in [0.1, 0.15) is 19.4 Å². The van der Waals surface area contributed by atoms with Crippen LogP contribution in [-0.4, -0.2) is 10.2 Å². The Hall–Kier alpha value is -2.42. The van der Waals surface area contributed by atoms with Crippen molar-refractivity contribution in [1.29, 1.82) is 0 Å². The predicted molar refractivity (Wildman–Crippen MR) is 75.5 cm³/mol. The van der Waals surface area contributed by atoms with E-state index in [-0.39, 0.29) is 11.5 Å². The third-order valence-corrected chi connectivity index (χ3v) is 2.64. The summed E-state index contributed by atoms with van der Waals surface area (Å²) in [5.41, 5.74) is 1.88. The van der Waals surface area contributed by atoms with Gasteiger partial charge in [-0.1, -0.05) is 24.3 Å². The Morgan fingerprint density at radius 2 is 1.68 bits per heavy atom. The molecule has 1 aliphatic heterocycles. The molecule has 3 heteroatoms. The third kappa shape index (κ3) is 3.52. The fourth-order valence-electron chi connectivity index (χ4n) is 1.83. The van der Waals surface area contributed by atoms with Crippen molar-refractivity contribution >= 4 is 6.08 Å².